The zero-order valence-electron chi connectivity index (χ0n) is 18.0. The molecule has 0 fully saturated rings. The highest BCUT2D eigenvalue weighted by molar-refractivity contribution is 5.93. The van der Waals surface area contributed by atoms with Crippen LogP contribution < -0.4 is 0 Å². The molecule has 5 heteroatoms. The fourth-order valence-corrected chi connectivity index (χ4v) is 4.06. The third-order valence-electron chi connectivity index (χ3n) is 5.69. The van der Waals surface area contributed by atoms with E-state index in [4.69, 9.17) is 5.10 Å². The molecule has 1 atom stereocenters. The van der Waals surface area contributed by atoms with E-state index in [0.29, 0.717) is 17.7 Å². The Hall–Kier alpha value is -2.14. The highest BCUT2D eigenvalue weighted by Gasteiger charge is 2.31. The van der Waals surface area contributed by atoms with Gasteiger partial charge < -0.3 is 9.80 Å². The first-order valence-corrected chi connectivity index (χ1v) is 10.4. The molecule has 1 aliphatic carbocycles. The second-order valence-electron chi connectivity index (χ2n) is 8.66. The number of rotatable bonds is 7. The molecule has 0 saturated carbocycles. The summed E-state index contributed by atoms with van der Waals surface area (Å²) in [5.74, 6) is 0.531. The third kappa shape index (κ3) is 4.64. The monoisotopic (exact) mass is 382 g/mol. The summed E-state index contributed by atoms with van der Waals surface area (Å²) in [6, 6.07) is 11.1. The van der Waals surface area contributed by atoms with Gasteiger partial charge in [0.15, 0.2) is 5.69 Å². The first kappa shape index (κ1) is 20.6. The van der Waals surface area contributed by atoms with Gasteiger partial charge in [-0.3, -0.25) is 9.48 Å². The lowest BCUT2D eigenvalue weighted by Crippen LogP contribution is -2.38. The molecule has 1 unspecified atom stereocenters. The molecule has 0 aliphatic heterocycles. The van der Waals surface area contributed by atoms with Crippen molar-refractivity contribution in [2.45, 2.75) is 52.1 Å². The third-order valence-corrected chi connectivity index (χ3v) is 5.69. The highest BCUT2D eigenvalue weighted by Crippen LogP contribution is 2.28. The van der Waals surface area contributed by atoms with Gasteiger partial charge in [-0.05, 0) is 44.2 Å². The minimum Gasteiger partial charge on any atom is -0.343 e. The van der Waals surface area contributed by atoms with Crippen molar-refractivity contribution < 1.29 is 4.79 Å². The van der Waals surface area contributed by atoms with Crippen LogP contribution >= 0.6 is 0 Å². The summed E-state index contributed by atoms with van der Waals surface area (Å²) in [6.45, 7) is 6.30. The zero-order chi connectivity index (χ0) is 20.3. The van der Waals surface area contributed by atoms with Crippen molar-refractivity contribution >= 4 is 5.91 Å². The van der Waals surface area contributed by atoms with Crippen LogP contribution in [-0.2, 0) is 25.8 Å². The Bertz CT molecular complexity index is 794. The number of likely N-dealkylation sites (N-methyl/N-ethyl adjacent to an activating group) is 1. The van der Waals surface area contributed by atoms with Crippen molar-refractivity contribution in [2.75, 3.05) is 27.7 Å². The molecular weight excluding hydrogens is 348 g/mol. The molecule has 0 saturated heterocycles. The van der Waals surface area contributed by atoms with Crippen LogP contribution in [-0.4, -0.2) is 59.2 Å². The standard InChI is InChI=1S/C23H34N4O/c1-17(2)16-27-21-12-11-19(15-20(21)22(24-27)23(28)25(3)4)26(5)14-13-18-9-7-6-8-10-18/h6-10,17,19H,11-16H2,1-5H3. The number of amides is 1. The maximum absolute atomic E-state index is 12.7. The second-order valence-corrected chi connectivity index (χ2v) is 8.66. The Kier molecular flexibility index (Phi) is 6.55. The van der Waals surface area contributed by atoms with Gasteiger partial charge in [-0.1, -0.05) is 44.2 Å². The summed E-state index contributed by atoms with van der Waals surface area (Å²) in [5.41, 5.74) is 4.47. The van der Waals surface area contributed by atoms with E-state index in [2.05, 4.69) is 60.8 Å². The van der Waals surface area contributed by atoms with Gasteiger partial charge in [0.25, 0.3) is 5.91 Å². The average Bonchev–Trinajstić information content (AvgIpc) is 3.03. The summed E-state index contributed by atoms with van der Waals surface area (Å²) in [5, 5.41) is 4.75. The molecule has 1 heterocycles. The molecule has 1 aromatic heterocycles. The molecule has 0 spiro atoms. The summed E-state index contributed by atoms with van der Waals surface area (Å²) < 4.78 is 2.09. The summed E-state index contributed by atoms with van der Waals surface area (Å²) in [7, 11) is 5.83. The van der Waals surface area contributed by atoms with Gasteiger partial charge in [0.1, 0.15) is 0 Å². The lowest BCUT2D eigenvalue weighted by Gasteiger charge is -2.32. The maximum atomic E-state index is 12.7. The Morgan fingerprint density at radius 2 is 1.93 bits per heavy atom. The fraction of sp³-hybridized carbons (Fsp3) is 0.565. The SMILES string of the molecule is CC(C)Cn1nc(C(=O)N(C)C)c2c1CCC(N(C)CCc1ccccc1)C2. The molecule has 28 heavy (non-hydrogen) atoms. The second kappa shape index (κ2) is 8.91. The number of nitrogens with zero attached hydrogens (tertiary/aromatic N) is 4. The van der Waals surface area contributed by atoms with Gasteiger partial charge in [0, 0.05) is 44.5 Å². The van der Waals surface area contributed by atoms with E-state index in [-0.39, 0.29) is 5.91 Å². The predicted octanol–water partition coefficient (Wildman–Crippen LogP) is 3.27. The van der Waals surface area contributed by atoms with E-state index < -0.39 is 0 Å². The molecular formula is C23H34N4O. The number of hydrogen-bond donors (Lipinski definition) is 0. The molecule has 5 nitrogen and oxygen atoms in total. The Balaban J connectivity index is 1.76. The van der Waals surface area contributed by atoms with E-state index in [1.807, 2.05) is 14.1 Å². The van der Waals surface area contributed by atoms with Crippen molar-refractivity contribution in [1.82, 2.24) is 19.6 Å². The van der Waals surface area contributed by atoms with E-state index >= 15 is 0 Å². The van der Waals surface area contributed by atoms with E-state index in [1.54, 1.807) is 4.90 Å². The van der Waals surface area contributed by atoms with Crippen molar-refractivity contribution in [3.05, 3.63) is 52.8 Å². The predicted molar refractivity (Wildman–Crippen MR) is 114 cm³/mol. The normalized spacial score (nSPS) is 16.5. The topological polar surface area (TPSA) is 41.4 Å². The number of carbonyl (C=O) groups is 1. The van der Waals surface area contributed by atoms with Gasteiger partial charge in [-0.2, -0.15) is 5.10 Å². The van der Waals surface area contributed by atoms with Crippen LogP contribution in [0.25, 0.3) is 0 Å². The molecule has 2 aromatic rings. The van der Waals surface area contributed by atoms with E-state index in [0.717, 1.165) is 38.8 Å². The van der Waals surface area contributed by atoms with Crippen LogP contribution in [0.4, 0.5) is 0 Å². The van der Waals surface area contributed by atoms with Crippen LogP contribution in [0.2, 0.25) is 0 Å². The van der Waals surface area contributed by atoms with Crippen LogP contribution in [0.5, 0.6) is 0 Å². The zero-order valence-corrected chi connectivity index (χ0v) is 18.0. The van der Waals surface area contributed by atoms with Crippen molar-refractivity contribution in [3.8, 4) is 0 Å². The van der Waals surface area contributed by atoms with Gasteiger partial charge in [0.2, 0.25) is 0 Å². The Morgan fingerprint density at radius 1 is 1.21 bits per heavy atom. The van der Waals surface area contributed by atoms with Crippen molar-refractivity contribution in [3.63, 3.8) is 0 Å². The quantitative estimate of drug-likeness (QED) is 0.738. The number of aromatic nitrogens is 2. The fourth-order valence-electron chi connectivity index (χ4n) is 4.06. The summed E-state index contributed by atoms with van der Waals surface area (Å²) in [6.07, 6.45) is 4.08. The highest BCUT2D eigenvalue weighted by atomic mass is 16.2. The molecule has 0 bridgehead atoms. The minimum atomic E-state index is 0.0198. The van der Waals surface area contributed by atoms with E-state index in [9.17, 15) is 4.79 Å². The van der Waals surface area contributed by atoms with Gasteiger partial charge in [-0.25, -0.2) is 0 Å². The molecule has 0 radical (unpaired) electrons. The Labute approximate surface area is 169 Å². The number of benzene rings is 1. The maximum Gasteiger partial charge on any atom is 0.274 e. The number of hydrogen-bond acceptors (Lipinski definition) is 3. The molecule has 1 aliphatic rings. The van der Waals surface area contributed by atoms with Crippen LogP contribution in [0, 0.1) is 5.92 Å². The first-order chi connectivity index (χ1) is 13.4. The summed E-state index contributed by atoms with van der Waals surface area (Å²) >= 11 is 0. The average molecular weight is 383 g/mol. The van der Waals surface area contributed by atoms with Crippen molar-refractivity contribution in [2.24, 2.45) is 5.92 Å². The van der Waals surface area contributed by atoms with Gasteiger partial charge in [0.05, 0.1) is 0 Å². The molecule has 1 aromatic carbocycles. The lowest BCUT2D eigenvalue weighted by atomic mass is 9.90. The van der Waals surface area contributed by atoms with Crippen LogP contribution in [0.3, 0.4) is 0 Å². The lowest BCUT2D eigenvalue weighted by molar-refractivity contribution is 0.0819. The van der Waals surface area contributed by atoms with Crippen molar-refractivity contribution in [1.29, 1.82) is 0 Å². The Morgan fingerprint density at radius 3 is 2.57 bits per heavy atom. The molecule has 3 rings (SSSR count). The first-order valence-electron chi connectivity index (χ1n) is 10.4. The number of carbonyl (C=O) groups excluding carboxylic acids is 1. The number of fused-ring (bicyclic) bond motifs is 1. The van der Waals surface area contributed by atoms with Crippen LogP contribution in [0.1, 0.15) is 47.6 Å². The summed E-state index contributed by atoms with van der Waals surface area (Å²) in [4.78, 5) is 16.8. The van der Waals surface area contributed by atoms with Gasteiger partial charge >= 0.3 is 0 Å². The van der Waals surface area contributed by atoms with Gasteiger partial charge in [-0.15, -0.1) is 0 Å². The van der Waals surface area contributed by atoms with E-state index in [1.165, 1.54) is 16.8 Å². The molecule has 152 valence electrons. The smallest absolute Gasteiger partial charge is 0.274 e. The minimum absolute atomic E-state index is 0.0198. The largest absolute Gasteiger partial charge is 0.343 e. The van der Waals surface area contributed by atoms with Crippen LogP contribution in [0.15, 0.2) is 30.3 Å². The molecule has 1 amide bonds. The molecule has 0 N–H and O–H groups in total.